The van der Waals surface area contributed by atoms with Gasteiger partial charge in [-0.3, -0.25) is 19.7 Å². The zero-order valence-corrected chi connectivity index (χ0v) is 16.3. The van der Waals surface area contributed by atoms with E-state index in [2.05, 4.69) is 15.4 Å². The van der Waals surface area contributed by atoms with Crippen LogP contribution in [0.25, 0.3) is 0 Å². The second kappa shape index (κ2) is 10.2. The van der Waals surface area contributed by atoms with Crippen molar-refractivity contribution >= 4 is 29.2 Å². The number of halogens is 3. The van der Waals surface area contributed by atoms with Crippen LogP contribution in [0.3, 0.4) is 0 Å². The molecule has 1 atom stereocenters. The number of hydrogen-bond donors (Lipinski definition) is 2. The molecule has 0 spiro atoms. The molecule has 0 saturated heterocycles. The fourth-order valence-electron chi connectivity index (χ4n) is 2.30. The van der Waals surface area contributed by atoms with Crippen LogP contribution in [0.2, 0.25) is 0 Å². The molecule has 0 aliphatic rings. The van der Waals surface area contributed by atoms with Crippen molar-refractivity contribution < 1.29 is 42.0 Å². The summed E-state index contributed by atoms with van der Waals surface area (Å²) in [7, 11) is 0. The average Bonchev–Trinajstić information content (AvgIpc) is 2.72. The van der Waals surface area contributed by atoms with Gasteiger partial charge in [0, 0.05) is 23.4 Å². The molecule has 0 aliphatic carbocycles. The van der Waals surface area contributed by atoms with E-state index in [0.29, 0.717) is 0 Å². The Hall–Kier alpha value is -4.16. The molecule has 2 aromatic rings. The van der Waals surface area contributed by atoms with Gasteiger partial charge in [-0.15, -0.1) is 13.2 Å². The number of amides is 2. The van der Waals surface area contributed by atoms with Crippen LogP contribution < -0.4 is 15.4 Å². The molecule has 32 heavy (non-hydrogen) atoms. The van der Waals surface area contributed by atoms with Gasteiger partial charge in [-0.05, 0) is 37.3 Å². The molecule has 13 heteroatoms. The molecule has 170 valence electrons. The number of non-ortho nitro benzene ring substituents is 1. The summed E-state index contributed by atoms with van der Waals surface area (Å²) in [5, 5.41) is 15.4. The molecule has 2 aromatic carbocycles. The number of anilines is 1. The summed E-state index contributed by atoms with van der Waals surface area (Å²) < 4.78 is 44.9. The number of hydrogen-bond acceptors (Lipinski definition) is 7. The van der Waals surface area contributed by atoms with Crippen LogP contribution in [0.5, 0.6) is 5.75 Å². The zero-order valence-electron chi connectivity index (χ0n) is 16.3. The summed E-state index contributed by atoms with van der Waals surface area (Å²) in [6, 6.07) is 7.97. The van der Waals surface area contributed by atoms with Gasteiger partial charge in [0.2, 0.25) is 0 Å². The van der Waals surface area contributed by atoms with Crippen LogP contribution in [-0.2, 0) is 14.3 Å². The predicted molar refractivity (Wildman–Crippen MR) is 103 cm³/mol. The van der Waals surface area contributed by atoms with Gasteiger partial charge in [0.25, 0.3) is 17.5 Å². The normalized spacial score (nSPS) is 11.8. The minimum absolute atomic E-state index is 0.0467. The Kier molecular flexibility index (Phi) is 7.71. The van der Waals surface area contributed by atoms with Crippen LogP contribution in [-0.4, -0.2) is 41.7 Å². The number of nitrogens with one attached hydrogen (secondary N) is 2. The highest BCUT2D eigenvalue weighted by molar-refractivity contribution is 5.97. The minimum atomic E-state index is -4.85. The van der Waals surface area contributed by atoms with Crippen molar-refractivity contribution in [3.63, 3.8) is 0 Å². The second-order valence-corrected chi connectivity index (χ2v) is 6.23. The number of esters is 1. The van der Waals surface area contributed by atoms with Crippen molar-refractivity contribution in [2.45, 2.75) is 19.3 Å². The molecule has 10 nitrogen and oxygen atoms in total. The predicted octanol–water partition coefficient (Wildman–Crippen LogP) is 2.79. The molecule has 0 bridgehead atoms. The van der Waals surface area contributed by atoms with Gasteiger partial charge >= 0.3 is 12.3 Å². The Morgan fingerprint density at radius 3 is 2.38 bits per heavy atom. The third-order valence-electron chi connectivity index (χ3n) is 3.74. The topological polar surface area (TPSA) is 137 Å². The number of nitro benzene ring substituents is 1. The maximum absolute atomic E-state index is 12.1. The van der Waals surface area contributed by atoms with Crippen LogP contribution in [0.4, 0.5) is 24.5 Å². The van der Waals surface area contributed by atoms with E-state index in [1.807, 2.05) is 0 Å². The highest BCUT2D eigenvalue weighted by Gasteiger charge is 2.31. The summed E-state index contributed by atoms with van der Waals surface area (Å²) in [5.74, 6) is -2.97. The number of nitro groups is 1. The Morgan fingerprint density at radius 2 is 1.78 bits per heavy atom. The lowest BCUT2D eigenvalue weighted by molar-refractivity contribution is -0.384. The quantitative estimate of drug-likeness (QED) is 0.355. The number of alkyl halides is 3. The highest BCUT2D eigenvalue weighted by atomic mass is 19.4. The van der Waals surface area contributed by atoms with E-state index in [-0.39, 0.29) is 16.9 Å². The molecule has 0 aromatic heterocycles. The molecule has 0 unspecified atom stereocenters. The van der Waals surface area contributed by atoms with E-state index in [9.17, 15) is 37.7 Å². The van der Waals surface area contributed by atoms with E-state index in [1.165, 1.54) is 25.1 Å². The standard InChI is InChI=1S/C19H16F3N3O7/c1-11(23-17(27)12-3-2-4-14(9-12)25(29)30)18(28)31-10-16(26)24-13-5-7-15(8-6-13)32-19(20,21)22/h2-9,11H,10H2,1H3,(H,23,27)(H,24,26)/t11-/m0/s1. The number of nitrogens with zero attached hydrogens (tertiary/aromatic N) is 1. The van der Waals surface area contributed by atoms with E-state index < -0.39 is 47.5 Å². The van der Waals surface area contributed by atoms with Gasteiger partial charge in [0.1, 0.15) is 11.8 Å². The second-order valence-electron chi connectivity index (χ2n) is 6.23. The molecular formula is C19H16F3N3O7. The first-order chi connectivity index (χ1) is 14.9. The number of ether oxygens (including phenoxy) is 2. The highest BCUT2D eigenvalue weighted by Crippen LogP contribution is 2.23. The van der Waals surface area contributed by atoms with E-state index in [4.69, 9.17) is 4.74 Å². The molecule has 0 fully saturated rings. The van der Waals surface area contributed by atoms with Crippen molar-refractivity contribution in [2.75, 3.05) is 11.9 Å². The smallest absolute Gasteiger partial charge is 0.454 e. The Balaban J connectivity index is 1.82. The molecule has 2 amide bonds. The van der Waals surface area contributed by atoms with Crippen LogP contribution in [0.1, 0.15) is 17.3 Å². The van der Waals surface area contributed by atoms with Gasteiger partial charge in [-0.25, -0.2) is 4.79 Å². The summed E-state index contributed by atoms with van der Waals surface area (Å²) in [6.07, 6.45) is -4.85. The monoisotopic (exact) mass is 455 g/mol. The molecule has 0 heterocycles. The van der Waals surface area contributed by atoms with Crippen molar-refractivity contribution in [3.8, 4) is 5.75 Å². The lowest BCUT2D eigenvalue weighted by atomic mass is 10.2. The molecular weight excluding hydrogens is 439 g/mol. The first kappa shape index (κ1) is 24.1. The Bertz CT molecular complexity index is 1010. The number of rotatable bonds is 8. The Morgan fingerprint density at radius 1 is 1.12 bits per heavy atom. The fraction of sp³-hybridized carbons (Fsp3) is 0.211. The first-order valence-corrected chi connectivity index (χ1v) is 8.82. The number of benzene rings is 2. The molecule has 2 N–H and O–H groups in total. The fourth-order valence-corrected chi connectivity index (χ4v) is 2.30. The maximum Gasteiger partial charge on any atom is 0.573 e. The Labute approximate surface area is 178 Å². The number of carbonyl (C=O) groups excluding carboxylic acids is 3. The van der Waals surface area contributed by atoms with Crippen molar-refractivity contribution in [2.24, 2.45) is 0 Å². The third kappa shape index (κ3) is 7.59. The first-order valence-electron chi connectivity index (χ1n) is 8.82. The van der Waals surface area contributed by atoms with Gasteiger partial charge in [0.05, 0.1) is 4.92 Å². The lowest BCUT2D eigenvalue weighted by Gasteiger charge is -2.13. The molecule has 0 saturated carbocycles. The van der Waals surface area contributed by atoms with Gasteiger partial charge in [-0.1, -0.05) is 6.07 Å². The van der Waals surface area contributed by atoms with Gasteiger partial charge in [-0.2, -0.15) is 0 Å². The van der Waals surface area contributed by atoms with Crippen LogP contribution in [0, 0.1) is 10.1 Å². The van der Waals surface area contributed by atoms with Gasteiger partial charge < -0.3 is 20.1 Å². The van der Waals surface area contributed by atoms with Crippen molar-refractivity contribution in [1.29, 1.82) is 0 Å². The summed E-state index contributed by atoms with van der Waals surface area (Å²) in [4.78, 5) is 46.0. The van der Waals surface area contributed by atoms with Crippen LogP contribution in [0.15, 0.2) is 48.5 Å². The maximum atomic E-state index is 12.1. The van der Waals surface area contributed by atoms with E-state index in [1.54, 1.807) is 0 Å². The minimum Gasteiger partial charge on any atom is -0.454 e. The molecule has 2 rings (SSSR count). The van der Waals surface area contributed by atoms with Crippen LogP contribution >= 0.6 is 0 Å². The molecule has 0 aliphatic heterocycles. The SMILES string of the molecule is C[C@H](NC(=O)c1cccc([N+](=O)[O-])c1)C(=O)OCC(=O)Nc1ccc(OC(F)(F)F)cc1. The summed E-state index contributed by atoms with van der Waals surface area (Å²) >= 11 is 0. The summed E-state index contributed by atoms with van der Waals surface area (Å²) in [6.45, 7) is 0.561. The average molecular weight is 455 g/mol. The van der Waals surface area contributed by atoms with Crippen molar-refractivity contribution in [3.05, 3.63) is 64.2 Å². The van der Waals surface area contributed by atoms with Gasteiger partial charge in [0.15, 0.2) is 6.61 Å². The van der Waals surface area contributed by atoms with E-state index >= 15 is 0 Å². The zero-order chi connectivity index (χ0) is 23.9. The molecule has 0 radical (unpaired) electrons. The lowest BCUT2D eigenvalue weighted by Crippen LogP contribution is -2.40. The van der Waals surface area contributed by atoms with E-state index in [0.717, 1.165) is 30.3 Å². The summed E-state index contributed by atoms with van der Waals surface area (Å²) in [5.41, 5.74) is -0.218. The number of carbonyl (C=O) groups is 3. The largest absolute Gasteiger partial charge is 0.573 e. The van der Waals surface area contributed by atoms with Crippen molar-refractivity contribution in [1.82, 2.24) is 5.32 Å². The third-order valence-corrected chi connectivity index (χ3v) is 3.74.